The number of carboxylic acids is 1. The van der Waals surface area contributed by atoms with E-state index >= 15 is 0 Å². The lowest BCUT2D eigenvalue weighted by Crippen LogP contribution is -2.30. The Bertz CT molecular complexity index is 427. The molecular formula is C13H18N2O2. The molecule has 92 valence electrons. The van der Waals surface area contributed by atoms with Crippen LogP contribution in [0.3, 0.4) is 0 Å². The fraction of sp³-hybridized carbons (Fsp3) is 0.538. The molecule has 1 aliphatic carbocycles. The Morgan fingerprint density at radius 2 is 2.29 bits per heavy atom. The molecule has 0 saturated heterocycles. The molecule has 0 spiro atoms. The van der Waals surface area contributed by atoms with Crippen LogP contribution in [0.2, 0.25) is 0 Å². The van der Waals surface area contributed by atoms with Crippen molar-refractivity contribution in [3.8, 4) is 0 Å². The van der Waals surface area contributed by atoms with E-state index in [2.05, 4.69) is 9.88 Å². The van der Waals surface area contributed by atoms with Crippen molar-refractivity contribution in [3.05, 3.63) is 23.4 Å². The third-order valence-corrected chi connectivity index (χ3v) is 3.42. The van der Waals surface area contributed by atoms with Gasteiger partial charge in [-0.15, -0.1) is 0 Å². The monoisotopic (exact) mass is 234 g/mol. The van der Waals surface area contributed by atoms with E-state index in [0.717, 1.165) is 23.8 Å². The summed E-state index contributed by atoms with van der Waals surface area (Å²) in [5, 5.41) is 8.88. The summed E-state index contributed by atoms with van der Waals surface area (Å²) in [6, 6.07) is 1.68. The smallest absolute Gasteiger partial charge is 0.337 e. The standard InChI is InChI=1S/C13H18N2O2/c1-9-6-11(13(16)17)7-14-12(9)15(2)8-10-4-3-5-10/h6-7,10H,3-5,8H2,1-2H3,(H,16,17). The van der Waals surface area contributed by atoms with Gasteiger partial charge in [0.05, 0.1) is 5.56 Å². The summed E-state index contributed by atoms with van der Waals surface area (Å²) in [5.41, 5.74) is 1.18. The number of pyridine rings is 1. The van der Waals surface area contributed by atoms with Crippen molar-refractivity contribution in [1.29, 1.82) is 0 Å². The highest BCUT2D eigenvalue weighted by Gasteiger charge is 2.20. The van der Waals surface area contributed by atoms with Gasteiger partial charge in [-0.05, 0) is 37.3 Å². The normalized spacial score (nSPS) is 15.4. The van der Waals surface area contributed by atoms with Gasteiger partial charge < -0.3 is 10.0 Å². The zero-order valence-corrected chi connectivity index (χ0v) is 10.3. The van der Waals surface area contributed by atoms with Gasteiger partial charge in [-0.25, -0.2) is 9.78 Å². The van der Waals surface area contributed by atoms with Crippen molar-refractivity contribution in [1.82, 2.24) is 4.98 Å². The summed E-state index contributed by atoms with van der Waals surface area (Å²) in [6.45, 7) is 2.92. The summed E-state index contributed by atoms with van der Waals surface area (Å²) in [7, 11) is 2.02. The highest BCUT2D eigenvalue weighted by molar-refractivity contribution is 5.87. The first kappa shape index (κ1) is 11.9. The van der Waals surface area contributed by atoms with Gasteiger partial charge >= 0.3 is 5.97 Å². The maximum absolute atomic E-state index is 10.8. The number of aromatic carboxylic acids is 1. The van der Waals surface area contributed by atoms with Gasteiger partial charge in [0.15, 0.2) is 0 Å². The first-order valence-corrected chi connectivity index (χ1v) is 5.99. The summed E-state index contributed by atoms with van der Waals surface area (Å²) in [6.07, 6.45) is 5.37. The van der Waals surface area contributed by atoms with E-state index in [4.69, 9.17) is 5.11 Å². The molecule has 0 aliphatic heterocycles. The molecule has 0 radical (unpaired) electrons. The van der Waals surface area contributed by atoms with Crippen molar-refractivity contribution < 1.29 is 9.90 Å². The van der Waals surface area contributed by atoms with E-state index in [0.29, 0.717) is 0 Å². The molecule has 0 unspecified atom stereocenters. The Balaban J connectivity index is 2.11. The number of rotatable bonds is 4. The molecule has 17 heavy (non-hydrogen) atoms. The Labute approximate surface area is 101 Å². The lowest BCUT2D eigenvalue weighted by molar-refractivity contribution is 0.0696. The van der Waals surface area contributed by atoms with Crippen LogP contribution >= 0.6 is 0 Å². The Hall–Kier alpha value is -1.58. The molecule has 0 bridgehead atoms. The van der Waals surface area contributed by atoms with Crippen molar-refractivity contribution in [2.45, 2.75) is 26.2 Å². The topological polar surface area (TPSA) is 53.4 Å². The number of anilines is 1. The SMILES string of the molecule is Cc1cc(C(=O)O)cnc1N(C)CC1CCC1. The highest BCUT2D eigenvalue weighted by Crippen LogP contribution is 2.28. The molecule has 1 N–H and O–H groups in total. The maximum atomic E-state index is 10.8. The molecule has 1 saturated carbocycles. The molecule has 1 aromatic heterocycles. The number of nitrogens with zero attached hydrogens (tertiary/aromatic N) is 2. The molecule has 1 heterocycles. The van der Waals surface area contributed by atoms with Gasteiger partial charge in [-0.3, -0.25) is 0 Å². The number of hydrogen-bond acceptors (Lipinski definition) is 3. The van der Waals surface area contributed by atoms with Crippen LogP contribution in [0, 0.1) is 12.8 Å². The second-order valence-electron chi connectivity index (χ2n) is 4.85. The fourth-order valence-electron chi connectivity index (χ4n) is 2.23. The molecule has 0 aromatic carbocycles. The molecule has 4 heteroatoms. The van der Waals surface area contributed by atoms with Crippen molar-refractivity contribution in [2.75, 3.05) is 18.5 Å². The zero-order valence-electron chi connectivity index (χ0n) is 10.3. The second-order valence-corrected chi connectivity index (χ2v) is 4.85. The number of carbonyl (C=O) groups is 1. The Morgan fingerprint density at radius 1 is 1.59 bits per heavy atom. The molecule has 4 nitrogen and oxygen atoms in total. The molecule has 1 fully saturated rings. The lowest BCUT2D eigenvalue weighted by Gasteiger charge is -2.31. The van der Waals surface area contributed by atoms with Crippen LogP contribution in [-0.4, -0.2) is 29.7 Å². The number of aryl methyl sites for hydroxylation is 1. The summed E-state index contributed by atoms with van der Waals surface area (Å²) in [4.78, 5) is 17.2. The number of hydrogen-bond donors (Lipinski definition) is 1. The van der Waals surface area contributed by atoms with E-state index in [9.17, 15) is 4.79 Å². The van der Waals surface area contributed by atoms with Gasteiger partial charge in [0.1, 0.15) is 5.82 Å². The fourth-order valence-corrected chi connectivity index (χ4v) is 2.23. The van der Waals surface area contributed by atoms with E-state index in [1.54, 1.807) is 6.07 Å². The average molecular weight is 234 g/mol. The quantitative estimate of drug-likeness (QED) is 0.868. The van der Waals surface area contributed by atoms with Crippen LogP contribution in [-0.2, 0) is 0 Å². The van der Waals surface area contributed by atoms with Crippen molar-refractivity contribution in [3.63, 3.8) is 0 Å². The van der Waals surface area contributed by atoms with Gasteiger partial charge in [0.2, 0.25) is 0 Å². The maximum Gasteiger partial charge on any atom is 0.337 e. The molecule has 2 rings (SSSR count). The van der Waals surface area contributed by atoms with Crippen LogP contribution in [0.1, 0.15) is 35.2 Å². The van der Waals surface area contributed by atoms with Crippen molar-refractivity contribution in [2.24, 2.45) is 5.92 Å². The third-order valence-electron chi connectivity index (χ3n) is 3.42. The summed E-state index contributed by atoms with van der Waals surface area (Å²) in [5.74, 6) is 0.746. The van der Waals surface area contributed by atoms with Crippen LogP contribution in [0.4, 0.5) is 5.82 Å². The predicted molar refractivity (Wildman–Crippen MR) is 66.5 cm³/mol. The molecule has 1 aliphatic rings. The summed E-state index contributed by atoms with van der Waals surface area (Å²) >= 11 is 0. The second kappa shape index (κ2) is 4.73. The molecular weight excluding hydrogens is 216 g/mol. The molecule has 0 amide bonds. The van der Waals surface area contributed by atoms with Crippen LogP contribution in [0.5, 0.6) is 0 Å². The third kappa shape index (κ3) is 2.57. The van der Waals surface area contributed by atoms with Crippen LogP contribution in [0.25, 0.3) is 0 Å². The minimum absolute atomic E-state index is 0.253. The van der Waals surface area contributed by atoms with Crippen molar-refractivity contribution >= 4 is 11.8 Å². The largest absolute Gasteiger partial charge is 0.478 e. The van der Waals surface area contributed by atoms with Gasteiger partial charge in [-0.2, -0.15) is 0 Å². The summed E-state index contributed by atoms with van der Waals surface area (Å²) < 4.78 is 0. The lowest BCUT2D eigenvalue weighted by atomic mass is 9.85. The molecule has 0 atom stereocenters. The van der Waals surface area contributed by atoms with E-state index < -0.39 is 5.97 Å². The van der Waals surface area contributed by atoms with Crippen LogP contribution < -0.4 is 4.90 Å². The Kier molecular flexibility index (Phi) is 3.31. The van der Waals surface area contributed by atoms with Gasteiger partial charge in [-0.1, -0.05) is 6.42 Å². The zero-order chi connectivity index (χ0) is 12.4. The van der Waals surface area contributed by atoms with E-state index in [1.807, 2.05) is 14.0 Å². The predicted octanol–water partition coefficient (Wildman–Crippen LogP) is 2.32. The van der Waals surface area contributed by atoms with Gasteiger partial charge in [0, 0.05) is 19.8 Å². The van der Waals surface area contributed by atoms with E-state index in [-0.39, 0.29) is 5.56 Å². The number of carboxylic acid groups (broad SMARTS) is 1. The minimum atomic E-state index is -0.922. The minimum Gasteiger partial charge on any atom is -0.478 e. The van der Waals surface area contributed by atoms with Gasteiger partial charge in [0.25, 0.3) is 0 Å². The number of aromatic nitrogens is 1. The Morgan fingerprint density at radius 3 is 2.76 bits per heavy atom. The average Bonchev–Trinajstić information content (AvgIpc) is 2.22. The van der Waals surface area contributed by atoms with Crippen LogP contribution in [0.15, 0.2) is 12.3 Å². The first-order valence-electron chi connectivity index (χ1n) is 5.99. The molecule has 1 aromatic rings. The first-order chi connectivity index (χ1) is 8.08. The highest BCUT2D eigenvalue weighted by atomic mass is 16.4. The van der Waals surface area contributed by atoms with E-state index in [1.165, 1.54) is 25.5 Å².